The van der Waals surface area contributed by atoms with E-state index in [-0.39, 0.29) is 58.6 Å². The van der Waals surface area contributed by atoms with Crippen LogP contribution in [0.4, 0.5) is 0 Å². The summed E-state index contributed by atoms with van der Waals surface area (Å²) in [6.07, 6.45) is 0. The lowest BCUT2D eigenvalue weighted by molar-refractivity contribution is -0.181. The van der Waals surface area contributed by atoms with Gasteiger partial charge in [-0.3, -0.25) is 28.8 Å². The van der Waals surface area contributed by atoms with Crippen LogP contribution in [0.15, 0.2) is 12.3 Å². The first-order chi connectivity index (χ1) is 30.9. The number of hydrogen-bond donors (Lipinski definition) is 0. The van der Waals surface area contributed by atoms with E-state index in [0.717, 1.165) is 7.11 Å². The van der Waals surface area contributed by atoms with Gasteiger partial charge in [0, 0.05) is 56.4 Å². The van der Waals surface area contributed by atoms with E-state index in [9.17, 15) is 28.8 Å². The second kappa shape index (κ2) is 29.7. The predicted octanol–water partition coefficient (Wildman–Crippen LogP) is 2.62. The van der Waals surface area contributed by atoms with Crippen molar-refractivity contribution in [1.82, 2.24) is 0 Å². The molecule has 0 aromatic carbocycles. The van der Waals surface area contributed by atoms with Gasteiger partial charge in [-0.05, 0) is 48.5 Å². The summed E-state index contributed by atoms with van der Waals surface area (Å²) in [7, 11) is 11.0. The number of ether oxygens (including phenoxy) is 15. The van der Waals surface area contributed by atoms with Crippen LogP contribution in [-0.2, 0) is 99.8 Å². The van der Waals surface area contributed by atoms with Crippen LogP contribution >= 0.6 is 0 Å². The van der Waals surface area contributed by atoms with Gasteiger partial charge in [0.2, 0.25) is 0 Å². The Labute approximate surface area is 390 Å². The van der Waals surface area contributed by atoms with E-state index >= 15 is 0 Å². The van der Waals surface area contributed by atoms with E-state index in [1.54, 1.807) is 34.6 Å². The predicted molar refractivity (Wildman–Crippen MR) is 234 cm³/mol. The van der Waals surface area contributed by atoms with Crippen LogP contribution < -0.4 is 0 Å². The number of hydrogen-bond acceptors (Lipinski definition) is 21. The Balaban J connectivity index is 6.81. The molecule has 21 heteroatoms. The van der Waals surface area contributed by atoms with Gasteiger partial charge in [-0.15, -0.1) is 0 Å². The van der Waals surface area contributed by atoms with Crippen molar-refractivity contribution in [2.75, 3.05) is 156 Å². The van der Waals surface area contributed by atoms with Gasteiger partial charge >= 0.3 is 35.8 Å². The third-order valence-electron chi connectivity index (χ3n) is 10.5. The van der Waals surface area contributed by atoms with Crippen molar-refractivity contribution < 1.29 is 99.8 Å². The lowest BCUT2D eigenvalue weighted by Gasteiger charge is -2.36. The zero-order chi connectivity index (χ0) is 50.8. The molecule has 0 saturated carbocycles. The Morgan fingerprint density at radius 3 is 0.985 bits per heavy atom. The van der Waals surface area contributed by atoms with Crippen molar-refractivity contribution in [1.29, 1.82) is 0 Å². The summed E-state index contributed by atoms with van der Waals surface area (Å²) in [5.74, 6) is -5.78. The molecule has 384 valence electrons. The average molecular weight is 955 g/mol. The maximum atomic E-state index is 14.1. The summed E-state index contributed by atoms with van der Waals surface area (Å²) < 4.78 is 81.6. The molecule has 0 heterocycles. The SMILES string of the molecule is C=C(OCC(C)(COC(=O)C(C)(COC(=O)C(COC)COC)COC(=O)C(C)(COC)COC)C(=O)OC)C(C)(COC(=O)C(C)(COC)COC)COC(=O)C(C)(COC)COCC. The number of rotatable bonds is 37. The molecular weight excluding hydrogens is 876 g/mol. The fraction of sp³-hybridized carbons (Fsp3) is 0.822. The molecule has 4 unspecified atom stereocenters. The molecule has 66 heavy (non-hydrogen) atoms. The molecule has 0 bridgehead atoms. The van der Waals surface area contributed by atoms with Crippen LogP contribution in [-0.4, -0.2) is 192 Å². The second-order valence-electron chi connectivity index (χ2n) is 17.9. The summed E-state index contributed by atoms with van der Waals surface area (Å²) in [6.45, 7) is 11.5. The van der Waals surface area contributed by atoms with Crippen molar-refractivity contribution in [2.45, 2.75) is 48.5 Å². The smallest absolute Gasteiger partial charge is 0.318 e. The fourth-order valence-corrected chi connectivity index (χ4v) is 6.12. The maximum Gasteiger partial charge on any atom is 0.318 e. The van der Waals surface area contributed by atoms with Gasteiger partial charge in [0.25, 0.3) is 0 Å². The molecular formula is C45H78O21. The minimum absolute atomic E-state index is 0.0189. The van der Waals surface area contributed by atoms with E-state index in [1.807, 2.05) is 0 Å². The number of esters is 6. The summed E-state index contributed by atoms with van der Waals surface area (Å²) in [6, 6.07) is 0. The first kappa shape index (κ1) is 62.0. The minimum Gasteiger partial charge on any atom is -0.496 e. The molecule has 0 aliphatic heterocycles. The highest BCUT2D eigenvalue weighted by Crippen LogP contribution is 2.34. The van der Waals surface area contributed by atoms with Crippen molar-refractivity contribution in [3.8, 4) is 0 Å². The third kappa shape index (κ3) is 19.0. The summed E-state index contributed by atoms with van der Waals surface area (Å²) in [4.78, 5) is 81.0. The van der Waals surface area contributed by atoms with Crippen molar-refractivity contribution in [3.63, 3.8) is 0 Å². The highest BCUT2D eigenvalue weighted by atomic mass is 16.6. The first-order valence-corrected chi connectivity index (χ1v) is 21.2. The van der Waals surface area contributed by atoms with Crippen molar-refractivity contribution in [3.05, 3.63) is 12.3 Å². The normalized spacial score (nSPS) is 15.5. The van der Waals surface area contributed by atoms with E-state index in [2.05, 4.69) is 6.58 Å². The van der Waals surface area contributed by atoms with Gasteiger partial charge in [0.05, 0.1) is 65.4 Å². The Bertz CT molecular complexity index is 1520. The van der Waals surface area contributed by atoms with E-state index in [4.69, 9.17) is 71.1 Å². The monoisotopic (exact) mass is 955 g/mol. The van der Waals surface area contributed by atoms with Crippen LogP contribution in [0.1, 0.15) is 48.5 Å². The molecule has 0 aromatic heterocycles. The van der Waals surface area contributed by atoms with Gasteiger partial charge in [-0.25, -0.2) is 0 Å². The van der Waals surface area contributed by atoms with Crippen LogP contribution in [0.25, 0.3) is 0 Å². The van der Waals surface area contributed by atoms with Gasteiger partial charge < -0.3 is 71.1 Å². The molecule has 0 radical (unpaired) electrons. The number of methoxy groups -OCH3 is 8. The Hall–Kier alpha value is -3.96. The standard InChI is InChI=1S/C45H78O21/c1-17-60-25-43(6,24-58-15)38(50)64-27-40(3,26-63-36(48)41(4,20-54-11)21-55-12)32(2)61-28-44(7,35(47)59-16)30-65-39(51)45(8,29-62-34(46)33(18-52-9)19-53-10)31-66-37(49)42(5,22-56-13)23-57-14/h33H,2,17-31H2,1,3-16H3. The Morgan fingerprint density at radius 1 is 0.379 bits per heavy atom. The highest BCUT2D eigenvalue weighted by Gasteiger charge is 2.47. The lowest BCUT2D eigenvalue weighted by atomic mass is 9.88. The number of carbonyl (C=O) groups excluding carboxylic acids is 6. The van der Waals surface area contributed by atoms with Gasteiger partial charge in [-0.2, -0.15) is 0 Å². The maximum absolute atomic E-state index is 14.1. The van der Waals surface area contributed by atoms with Crippen molar-refractivity contribution >= 4 is 35.8 Å². The molecule has 0 aliphatic rings. The molecule has 21 nitrogen and oxygen atoms in total. The van der Waals surface area contributed by atoms with E-state index in [0.29, 0.717) is 6.61 Å². The summed E-state index contributed by atoms with van der Waals surface area (Å²) in [5, 5.41) is 0. The molecule has 0 fully saturated rings. The lowest BCUT2D eigenvalue weighted by Crippen LogP contribution is -2.47. The van der Waals surface area contributed by atoms with E-state index in [1.165, 1.54) is 63.6 Å². The summed E-state index contributed by atoms with van der Waals surface area (Å²) >= 11 is 0. The Morgan fingerprint density at radius 2 is 0.667 bits per heavy atom. The quantitative estimate of drug-likeness (QED) is 0.0494. The topological polar surface area (TPSA) is 241 Å². The molecule has 0 N–H and O–H groups in total. The first-order valence-electron chi connectivity index (χ1n) is 21.2. The zero-order valence-corrected chi connectivity index (χ0v) is 42.0. The summed E-state index contributed by atoms with van der Waals surface area (Å²) in [5.41, 5.74) is -8.78. The third-order valence-corrected chi connectivity index (χ3v) is 10.5. The van der Waals surface area contributed by atoms with Crippen LogP contribution in [0.3, 0.4) is 0 Å². The highest BCUT2D eigenvalue weighted by molar-refractivity contribution is 5.82. The van der Waals surface area contributed by atoms with Crippen molar-refractivity contribution in [2.24, 2.45) is 38.4 Å². The van der Waals surface area contributed by atoms with Crippen LogP contribution in [0.2, 0.25) is 0 Å². The molecule has 0 spiro atoms. The van der Waals surface area contributed by atoms with E-state index < -0.39 is 114 Å². The molecule has 0 rings (SSSR count). The second-order valence-corrected chi connectivity index (χ2v) is 17.9. The molecule has 0 aromatic rings. The molecule has 0 aliphatic carbocycles. The molecule has 0 amide bonds. The van der Waals surface area contributed by atoms with Gasteiger partial charge in [0.15, 0.2) is 0 Å². The largest absolute Gasteiger partial charge is 0.496 e. The van der Waals surface area contributed by atoms with Gasteiger partial charge in [-0.1, -0.05) is 6.58 Å². The van der Waals surface area contributed by atoms with Gasteiger partial charge in [0.1, 0.15) is 78.4 Å². The van der Waals surface area contributed by atoms with Crippen LogP contribution in [0, 0.1) is 38.4 Å². The van der Waals surface area contributed by atoms with Crippen LogP contribution in [0.5, 0.6) is 0 Å². The number of carbonyl (C=O) groups is 6. The minimum atomic E-state index is -1.84. The molecule has 0 saturated heterocycles. The average Bonchev–Trinajstić information content (AvgIpc) is 3.28. The zero-order valence-electron chi connectivity index (χ0n) is 42.0. The fourth-order valence-electron chi connectivity index (χ4n) is 6.12. The Kier molecular flexibility index (Phi) is 27.9. The molecule has 4 atom stereocenters.